The van der Waals surface area contributed by atoms with Gasteiger partial charge in [0.25, 0.3) is 10.1 Å². The van der Waals surface area contributed by atoms with Gasteiger partial charge in [0.05, 0.1) is 12.9 Å². The van der Waals surface area contributed by atoms with Crippen molar-refractivity contribution < 1.29 is 17.7 Å². The van der Waals surface area contributed by atoms with Crippen LogP contribution >= 0.6 is 0 Å². The molecule has 0 amide bonds. The molecule has 4 nitrogen and oxygen atoms in total. The van der Waals surface area contributed by atoms with Gasteiger partial charge in [-0.2, -0.15) is 8.42 Å². The Bertz CT molecular complexity index is 371. The zero-order valence-electron chi connectivity index (χ0n) is 7.75. The van der Waals surface area contributed by atoms with Crippen LogP contribution in [0.25, 0.3) is 0 Å². The van der Waals surface area contributed by atoms with E-state index >= 15 is 0 Å². The normalized spacial score (nSPS) is 13.9. The Morgan fingerprint density at radius 2 is 1.93 bits per heavy atom. The molecule has 1 atom stereocenters. The number of rotatable bonds is 4. The van der Waals surface area contributed by atoms with Crippen LogP contribution in [0.15, 0.2) is 30.3 Å². The van der Waals surface area contributed by atoms with Crippen molar-refractivity contribution in [2.45, 2.75) is 6.10 Å². The Labute approximate surface area is 83.3 Å². The molecule has 0 saturated carbocycles. The van der Waals surface area contributed by atoms with E-state index in [1.54, 1.807) is 30.3 Å². The second kappa shape index (κ2) is 4.54. The van der Waals surface area contributed by atoms with Gasteiger partial charge in [-0.1, -0.05) is 30.3 Å². The number of hydrogen-bond donors (Lipinski definition) is 1. The molecule has 0 aliphatic carbocycles. The van der Waals surface area contributed by atoms with Crippen LogP contribution in [0, 0.1) is 0 Å². The fourth-order valence-electron chi connectivity index (χ4n) is 1.07. The maximum absolute atomic E-state index is 10.8. The maximum Gasteiger partial charge on any atom is 0.265 e. The lowest BCUT2D eigenvalue weighted by Gasteiger charge is -2.13. The van der Waals surface area contributed by atoms with E-state index < -0.39 is 16.2 Å². The lowest BCUT2D eigenvalue weighted by Crippen LogP contribution is -2.13. The van der Waals surface area contributed by atoms with Crippen molar-refractivity contribution in [2.24, 2.45) is 0 Å². The lowest BCUT2D eigenvalue weighted by molar-refractivity contribution is 0.123. The molecule has 1 rings (SSSR count). The summed E-state index contributed by atoms with van der Waals surface area (Å²) in [5.41, 5.74) is 0.639. The van der Waals surface area contributed by atoms with Crippen LogP contribution in [0.2, 0.25) is 0 Å². The molecule has 5 heteroatoms. The van der Waals surface area contributed by atoms with E-state index in [4.69, 9.17) is 9.29 Å². The van der Waals surface area contributed by atoms with Gasteiger partial charge in [0.2, 0.25) is 0 Å². The highest BCUT2D eigenvalue weighted by Gasteiger charge is 2.15. The smallest absolute Gasteiger partial charge is 0.265 e. The molecule has 0 fully saturated rings. The number of aliphatic hydroxyl groups is 1. The Balaban J connectivity index is 2.84. The van der Waals surface area contributed by atoms with E-state index in [1.165, 1.54) is 0 Å². The summed E-state index contributed by atoms with van der Waals surface area (Å²) >= 11 is 0. The second-order valence-electron chi connectivity index (χ2n) is 2.88. The number of aliphatic hydroxyl groups excluding tert-OH is 1. The van der Waals surface area contributed by atoms with Crippen LogP contribution in [-0.2, 0) is 14.3 Å². The molecule has 0 aromatic heterocycles. The molecule has 1 aromatic carbocycles. The van der Waals surface area contributed by atoms with Crippen molar-refractivity contribution >= 4 is 10.1 Å². The molecule has 1 unspecified atom stereocenters. The van der Waals surface area contributed by atoms with Gasteiger partial charge < -0.3 is 5.11 Å². The predicted molar refractivity (Wildman–Crippen MR) is 52.2 cm³/mol. The third-order valence-electron chi connectivity index (χ3n) is 1.63. The van der Waals surface area contributed by atoms with E-state index in [9.17, 15) is 8.42 Å². The first-order valence-corrected chi connectivity index (χ1v) is 5.88. The molecular weight excluding hydrogens is 204 g/mol. The van der Waals surface area contributed by atoms with Crippen molar-refractivity contribution in [3.8, 4) is 0 Å². The quantitative estimate of drug-likeness (QED) is 0.752. The van der Waals surface area contributed by atoms with Gasteiger partial charge in [0.15, 0.2) is 0 Å². The molecule has 0 radical (unpaired) electrons. The minimum Gasteiger partial charge on any atom is -0.393 e. The first-order chi connectivity index (χ1) is 6.53. The summed E-state index contributed by atoms with van der Waals surface area (Å²) in [6, 6.07) is 8.71. The first kappa shape index (κ1) is 11.2. The molecule has 0 saturated heterocycles. The van der Waals surface area contributed by atoms with Gasteiger partial charge in [-0.15, -0.1) is 0 Å². The summed E-state index contributed by atoms with van der Waals surface area (Å²) in [4.78, 5) is 0. The zero-order chi connectivity index (χ0) is 10.6. The fraction of sp³-hybridized carbons (Fsp3) is 0.333. The topological polar surface area (TPSA) is 63.6 Å². The average Bonchev–Trinajstić information content (AvgIpc) is 2.14. The van der Waals surface area contributed by atoms with Crippen LogP contribution in [-0.4, -0.2) is 26.4 Å². The highest BCUT2D eigenvalue weighted by molar-refractivity contribution is 7.86. The zero-order valence-corrected chi connectivity index (χ0v) is 8.57. The summed E-state index contributed by atoms with van der Waals surface area (Å²) in [6.07, 6.45) is 0.143. The Morgan fingerprint density at radius 3 is 2.36 bits per heavy atom. The van der Waals surface area contributed by atoms with Gasteiger partial charge >= 0.3 is 0 Å². The van der Waals surface area contributed by atoms with Crippen LogP contribution in [0.1, 0.15) is 11.7 Å². The second-order valence-corrected chi connectivity index (χ2v) is 4.48. The lowest BCUT2D eigenvalue weighted by atomic mass is 10.1. The van der Waals surface area contributed by atoms with Gasteiger partial charge in [-0.3, -0.25) is 4.18 Å². The summed E-state index contributed by atoms with van der Waals surface area (Å²) in [6.45, 7) is -0.364. The molecule has 1 aromatic rings. The summed E-state index contributed by atoms with van der Waals surface area (Å²) in [5, 5.41) is 8.95. The molecule has 0 aliphatic heterocycles. The van der Waals surface area contributed by atoms with E-state index in [1.807, 2.05) is 0 Å². The van der Waals surface area contributed by atoms with Gasteiger partial charge in [-0.05, 0) is 5.56 Å². The van der Waals surface area contributed by atoms with Crippen LogP contribution < -0.4 is 0 Å². The predicted octanol–water partition coefficient (Wildman–Crippen LogP) is 0.696. The first-order valence-electron chi connectivity index (χ1n) is 4.07. The Kier molecular flexibility index (Phi) is 3.62. The van der Waals surface area contributed by atoms with E-state index in [-0.39, 0.29) is 6.61 Å². The van der Waals surface area contributed by atoms with Crippen LogP contribution in [0.4, 0.5) is 0 Å². The average molecular weight is 216 g/mol. The van der Waals surface area contributed by atoms with Crippen molar-refractivity contribution in [1.82, 2.24) is 0 Å². The SMILES string of the molecule is CS(=O)(=O)OC(CO)c1ccccc1. The van der Waals surface area contributed by atoms with Crippen LogP contribution in [0.3, 0.4) is 0 Å². The molecular formula is C9H12O4S. The van der Waals surface area contributed by atoms with E-state index in [0.29, 0.717) is 5.56 Å². The molecule has 78 valence electrons. The molecule has 1 N–H and O–H groups in total. The van der Waals surface area contributed by atoms with E-state index in [2.05, 4.69) is 0 Å². The van der Waals surface area contributed by atoms with E-state index in [0.717, 1.165) is 6.26 Å². The standard InChI is InChI=1S/C9H12O4S/c1-14(11,12)13-9(7-10)8-5-3-2-4-6-8/h2-6,9-10H,7H2,1H3. The molecule has 14 heavy (non-hydrogen) atoms. The van der Waals surface area contributed by atoms with Gasteiger partial charge in [-0.25, -0.2) is 0 Å². The highest BCUT2D eigenvalue weighted by Crippen LogP contribution is 2.17. The minimum absolute atomic E-state index is 0.364. The van der Waals surface area contributed by atoms with Crippen LogP contribution in [0.5, 0.6) is 0 Å². The molecule has 0 bridgehead atoms. The molecule has 0 aliphatic rings. The largest absolute Gasteiger partial charge is 0.393 e. The summed E-state index contributed by atoms with van der Waals surface area (Å²) < 4.78 is 26.4. The van der Waals surface area contributed by atoms with Crippen molar-refractivity contribution in [1.29, 1.82) is 0 Å². The van der Waals surface area contributed by atoms with Crippen molar-refractivity contribution in [3.63, 3.8) is 0 Å². The summed E-state index contributed by atoms with van der Waals surface area (Å²) in [5.74, 6) is 0. The Morgan fingerprint density at radius 1 is 1.36 bits per heavy atom. The van der Waals surface area contributed by atoms with Crippen molar-refractivity contribution in [2.75, 3.05) is 12.9 Å². The Hall–Kier alpha value is -0.910. The number of benzene rings is 1. The molecule has 0 heterocycles. The maximum atomic E-state index is 10.8. The third-order valence-corrected chi connectivity index (χ3v) is 2.21. The monoisotopic (exact) mass is 216 g/mol. The highest BCUT2D eigenvalue weighted by atomic mass is 32.2. The molecule has 0 spiro atoms. The van der Waals surface area contributed by atoms with Gasteiger partial charge in [0, 0.05) is 0 Å². The fourth-order valence-corrected chi connectivity index (χ4v) is 1.66. The third kappa shape index (κ3) is 3.45. The van der Waals surface area contributed by atoms with Gasteiger partial charge in [0.1, 0.15) is 6.10 Å². The van der Waals surface area contributed by atoms with Crippen molar-refractivity contribution in [3.05, 3.63) is 35.9 Å². The number of hydrogen-bond acceptors (Lipinski definition) is 4. The summed E-state index contributed by atoms with van der Waals surface area (Å²) in [7, 11) is -3.54. The minimum atomic E-state index is -3.54.